The van der Waals surface area contributed by atoms with Crippen LogP contribution in [0.25, 0.3) is 6.08 Å². The number of carbonyl (C=O) groups is 2. The molecule has 0 aromatic heterocycles. The lowest BCUT2D eigenvalue weighted by molar-refractivity contribution is -0.137. The Bertz CT molecular complexity index is 717. The summed E-state index contributed by atoms with van der Waals surface area (Å²) < 4.78 is 11.5. The molecule has 0 radical (unpaired) electrons. The molecule has 1 aromatic carbocycles. The zero-order valence-corrected chi connectivity index (χ0v) is 15.6. The number of amides is 1. The minimum absolute atomic E-state index is 0.0641. The molecular weight excluding hydrogens is 362 g/mol. The lowest BCUT2D eigenvalue weighted by Gasteiger charge is -2.13. The highest BCUT2D eigenvalue weighted by Gasteiger charge is 2.32. The van der Waals surface area contributed by atoms with E-state index in [0.29, 0.717) is 32.9 Å². The highest BCUT2D eigenvalue weighted by atomic mass is 32.2. The van der Waals surface area contributed by atoms with Gasteiger partial charge in [0, 0.05) is 12.1 Å². The predicted molar refractivity (Wildman–Crippen MR) is 101 cm³/mol. The highest BCUT2D eigenvalue weighted by Crippen LogP contribution is 2.37. The first-order valence-electron chi connectivity index (χ1n) is 7.74. The van der Waals surface area contributed by atoms with E-state index in [2.05, 4.69) is 0 Å². The number of carboxylic acids is 1. The quantitative estimate of drug-likeness (QED) is 0.547. The summed E-state index contributed by atoms with van der Waals surface area (Å²) in [7, 11) is 1.56. The van der Waals surface area contributed by atoms with Gasteiger partial charge in [0.2, 0.25) is 0 Å². The fraction of sp³-hybridized carbons (Fsp3) is 0.353. The first-order chi connectivity index (χ1) is 12.0. The Morgan fingerprint density at radius 2 is 2.20 bits per heavy atom. The van der Waals surface area contributed by atoms with E-state index in [9.17, 15) is 9.59 Å². The maximum Gasteiger partial charge on any atom is 0.305 e. The van der Waals surface area contributed by atoms with E-state index in [1.165, 1.54) is 4.90 Å². The summed E-state index contributed by atoms with van der Waals surface area (Å²) in [5.74, 6) is -0.104. The summed E-state index contributed by atoms with van der Waals surface area (Å²) in [6.07, 6.45) is 2.39. The molecule has 0 spiro atoms. The van der Waals surface area contributed by atoms with E-state index in [4.69, 9.17) is 26.8 Å². The third-order valence-corrected chi connectivity index (χ3v) is 4.77. The van der Waals surface area contributed by atoms with Crippen LogP contribution in [0.5, 0.6) is 11.5 Å². The molecule has 1 saturated heterocycles. The standard InChI is InChI=1S/C17H19NO5S2/c1-3-9-23-15-11(5-4-6-12(15)22-2)10-13-16(21)18(17(24)25-13)8-7-14(19)20/h4-6,10H,3,7-9H2,1-2H3,(H,19,20)/b13-10+. The Kier molecular flexibility index (Phi) is 6.83. The number of thiocarbonyl (C=S) groups is 1. The van der Waals surface area contributed by atoms with Gasteiger partial charge in [-0.2, -0.15) is 0 Å². The van der Waals surface area contributed by atoms with Crippen LogP contribution in [0.3, 0.4) is 0 Å². The Morgan fingerprint density at radius 1 is 1.44 bits per heavy atom. The number of nitrogens with zero attached hydrogens (tertiary/aromatic N) is 1. The topological polar surface area (TPSA) is 76.1 Å². The van der Waals surface area contributed by atoms with Crippen LogP contribution in [0.4, 0.5) is 0 Å². The molecule has 0 unspecified atom stereocenters. The van der Waals surface area contributed by atoms with Gasteiger partial charge in [0.05, 0.1) is 25.0 Å². The van der Waals surface area contributed by atoms with Gasteiger partial charge >= 0.3 is 5.97 Å². The van der Waals surface area contributed by atoms with Crippen LogP contribution < -0.4 is 9.47 Å². The van der Waals surface area contributed by atoms with E-state index >= 15 is 0 Å². The van der Waals surface area contributed by atoms with Crippen LogP contribution in [0, 0.1) is 0 Å². The number of benzene rings is 1. The second kappa shape index (κ2) is 8.87. The van der Waals surface area contributed by atoms with Gasteiger partial charge in [0.25, 0.3) is 5.91 Å². The Hall–Kier alpha value is -2.06. The number of methoxy groups -OCH3 is 1. The molecule has 8 heteroatoms. The van der Waals surface area contributed by atoms with Crippen molar-refractivity contribution in [3.05, 3.63) is 28.7 Å². The van der Waals surface area contributed by atoms with Crippen molar-refractivity contribution in [2.24, 2.45) is 0 Å². The van der Waals surface area contributed by atoms with Crippen LogP contribution in [0.1, 0.15) is 25.3 Å². The molecule has 1 amide bonds. The molecule has 1 aliphatic heterocycles. The molecule has 1 fully saturated rings. The third-order valence-electron chi connectivity index (χ3n) is 3.39. The Labute approximate surface area is 155 Å². The molecule has 1 N–H and O–H groups in total. The van der Waals surface area contributed by atoms with Gasteiger partial charge in [-0.05, 0) is 18.6 Å². The molecule has 1 heterocycles. The zero-order valence-electron chi connectivity index (χ0n) is 14.0. The number of carboxylic acid groups (broad SMARTS) is 1. The average molecular weight is 381 g/mol. The van der Waals surface area contributed by atoms with Crippen molar-refractivity contribution in [3.8, 4) is 11.5 Å². The summed E-state index contributed by atoms with van der Waals surface area (Å²) in [5.41, 5.74) is 0.714. The van der Waals surface area contributed by atoms with Crippen molar-refractivity contribution < 1.29 is 24.2 Å². The molecule has 0 saturated carbocycles. The highest BCUT2D eigenvalue weighted by molar-refractivity contribution is 8.26. The summed E-state index contributed by atoms with van der Waals surface area (Å²) >= 11 is 6.35. The van der Waals surface area contributed by atoms with Crippen molar-refractivity contribution in [2.75, 3.05) is 20.3 Å². The number of carbonyl (C=O) groups excluding carboxylic acids is 1. The van der Waals surface area contributed by atoms with Crippen LogP contribution >= 0.6 is 24.0 Å². The summed E-state index contributed by atoms with van der Waals surface area (Å²) in [5, 5.41) is 8.79. The van der Waals surface area contributed by atoms with E-state index in [-0.39, 0.29) is 18.9 Å². The molecule has 2 rings (SSSR count). The SMILES string of the molecule is CCCOc1c(/C=C2/SC(=S)N(CCC(=O)O)C2=O)cccc1OC. The maximum absolute atomic E-state index is 12.5. The lowest BCUT2D eigenvalue weighted by Crippen LogP contribution is -2.30. The predicted octanol–water partition coefficient (Wildman–Crippen LogP) is 3.16. The molecule has 6 nitrogen and oxygen atoms in total. The van der Waals surface area contributed by atoms with E-state index < -0.39 is 5.97 Å². The minimum atomic E-state index is -0.971. The van der Waals surface area contributed by atoms with Gasteiger partial charge < -0.3 is 14.6 Å². The fourth-order valence-corrected chi connectivity index (χ4v) is 3.51. The molecule has 1 aromatic rings. The maximum atomic E-state index is 12.5. The first-order valence-corrected chi connectivity index (χ1v) is 8.97. The largest absolute Gasteiger partial charge is 0.493 e. The Balaban J connectivity index is 2.29. The molecule has 1 aliphatic rings. The van der Waals surface area contributed by atoms with Gasteiger partial charge in [0.15, 0.2) is 11.5 Å². The number of aliphatic carboxylic acids is 1. The van der Waals surface area contributed by atoms with E-state index in [1.54, 1.807) is 19.3 Å². The van der Waals surface area contributed by atoms with Crippen LogP contribution in [0.2, 0.25) is 0 Å². The number of para-hydroxylation sites is 1. The monoisotopic (exact) mass is 381 g/mol. The smallest absolute Gasteiger partial charge is 0.305 e. The first kappa shape index (κ1) is 19.3. The van der Waals surface area contributed by atoms with E-state index in [1.807, 2.05) is 19.1 Å². The van der Waals surface area contributed by atoms with Gasteiger partial charge in [-0.1, -0.05) is 43.0 Å². The second-order valence-corrected chi connectivity index (χ2v) is 6.88. The number of rotatable bonds is 8. The lowest BCUT2D eigenvalue weighted by atomic mass is 10.1. The zero-order chi connectivity index (χ0) is 18.4. The number of hydrogen-bond donors (Lipinski definition) is 1. The second-order valence-electron chi connectivity index (χ2n) is 5.20. The van der Waals surface area contributed by atoms with Crippen molar-refractivity contribution in [2.45, 2.75) is 19.8 Å². The molecule has 0 aliphatic carbocycles. The van der Waals surface area contributed by atoms with Crippen LogP contribution in [-0.2, 0) is 9.59 Å². The number of thioether (sulfide) groups is 1. The summed E-state index contributed by atoms with van der Waals surface area (Å²) in [4.78, 5) is 25.0. The summed E-state index contributed by atoms with van der Waals surface area (Å²) in [6.45, 7) is 2.60. The van der Waals surface area contributed by atoms with Crippen LogP contribution in [0.15, 0.2) is 23.1 Å². The fourth-order valence-electron chi connectivity index (χ4n) is 2.21. The molecule has 0 bridgehead atoms. The summed E-state index contributed by atoms with van der Waals surface area (Å²) in [6, 6.07) is 5.44. The number of ether oxygens (including phenoxy) is 2. The molecule has 25 heavy (non-hydrogen) atoms. The van der Waals surface area contributed by atoms with Gasteiger partial charge in [-0.15, -0.1) is 0 Å². The Morgan fingerprint density at radius 3 is 2.84 bits per heavy atom. The molecular formula is C17H19NO5S2. The minimum Gasteiger partial charge on any atom is -0.493 e. The number of hydrogen-bond acceptors (Lipinski definition) is 6. The van der Waals surface area contributed by atoms with Crippen molar-refractivity contribution >= 4 is 46.3 Å². The van der Waals surface area contributed by atoms with E-state index in [0.717, 1.165) is 18.2 Å². The van der Waals surface area contributed by atoms with Gasteiger partial charge in [0.1, 0.15) is 4.32 Å². The van der Waals surface area contributed by atoms with Crippen molar-refractivity contribution in [1.82, 2.24) is 4.90 Å². The van der Waals surface area contributed by atoms with Gasteiger partial charge in [-0.3, -0.25) is 14.5 Å². The van der Waals surface area contributed by atoms with Crippen LogP contribution in [-0.4, -0.2) is 46.5 Å². The van der Waals surface area contributed by atoms with Crippen molar-refractivity contribution in [3.63, 3.8) is 0 Å². The van der Waals surface area contributed by atoms with Crippen molar-refractivity contribution in [1.29, 1.82) is 0 Å². The average Bonchev–Trinajstić information content (AvgIpc) is 2.85. The molecule has 134 valence electrons. The molecule has 0 atom stereocenters. The third kappa shape index (κ3) is 4.73. The van der Waals surface area contributed by atoms with Gasteiger partial charge in [-0.25, -0.2) is 0 Å². The normalized spacial score (nSPS) is 15.8.